The lowest BCUT2D eigenvalue weighted by atomic mass is 9.77. The Hall–Kier alpha value is -0.120. The summed E-state index contributed by atoms with van der Waals surface area (Å²) in [4.78, 5) is 2.65. The van der Waals surface area contributed by atoms with E-state index in [1.54, 1.807) is 7.11 Å². The maximum atomic E-state index is 5.22. The Morgan fingerprint density at radius 3 is 2.62 bits per heavy atom. The van der Waals surface area contributed by atoms with E-state index in [0.29, 0.717) is 6.04 Å². The van der Waals surface area contributed by atoms with Gasteiger partial charge in [0.15, 0.2) is 0 Å². The Morgan fingerprint density at radius 1 is 1.44 bits per heavy atom. The van der Waals surface area contributed by atoms with Crippen molar-refractivity contribution in [3.63, 3.8) is 0 Å². The molecule has 0 saturated heterocycles. The van der Waals surface area contributed by atoms with E-state index in [-0.39, 0.29) is 0 Å². The van der Waals surface area contributed by atoms with Crippen molar-refractivity contribution in [3.05, 3.63) is 0 Å². The molecule has 0 bridgehead atoms. The summed E-state index contributed by atoms with van der Waals surface area (Å²) in [5.74, 6) is 0.843. The minimum Gasteiger partial charge on any atom is -0.383 e. The fraction of sp³-hybridized carbons (Fsp3) is 1.00. The van der Waals surface area contributed by atoms with Crippen LogP contribution < -0.4 is 5.32 Å². The van der Waals surface area contributed by atoms with E-state index < -0.39 is 0 Å². The van der Waals surface area contributed by atoms with Crippen LogP contribution in [-0.4, -0.2) is 50.8 Å². The average Bonchev–Trinajstić information content (AvgIpc) is 2.28. The number of ether oxygens (including phenoxy) is 1. The van der Waals surface area contributed by atoms with Crippen LogP contribution in [0.3, 0.4) is 0 Å². The maximum absolute atomic E-state index is 5.22. The number of nitrogens with one attached hydrogen (secondary N) is 1. The van der Waals surface area contributed by atoms with Crippen LogP contribution in [0.5, 0.6) is 0 Å². The first kappa shape index (κ1) is 13.9. The van der Waals surface area contributed by atoms with Crippen molar-refractivity contribution < 1.29 is 4.74 Å². The highest BCUT2D eigenvalue weighted by Gasteiger charge is 2.36. The Balaban J connectivity index is 2.47. The molecular weight excluding hydrogens is 200 g/mol. The fourth-order valence-electron chi connectivity index (χ4n) is 2.63. The van der Waals surface area contributed by atoms with Gasteiger partial charge in [0.05, 0.1) is 6.61 Å². The second kappa shape index (κ2) is 7.25. The van der Waals surface area contributed by atoms with Crippen LogP contribution in [0.2, 0.25) is 0 Å². The molecule has 3 heteroatoms. The Labute approximate surface area is 101 Å². The minimum atomic E-state index is 0.680. The molecule has 0 amide bonds. The Morgan fingerprint density at radius 2 is 2.19 bits per heavy atom. The molecule has 16 heavy (non-hydrogen) atoms. The molecule has 1 rings (SSSR count). The Bertz CT molecular complexity index is 187. The van der Waals surface area contributed by atoms with Gasteiger partial charge < -0.3 is 10.1 Å². The number of rotatable bonds is 8. The molecule has 1 fully saturated rings. The molecule has 3 unspecified atom stereocenters. The van der Waals surface area contributed by atoms with Crippen molar-refractivity contribution in [1.29, 1.82) is 0 Å². The summed E-state index contributed by atoms with van der Waals surface area (Å²) >= 11 is 0. The second-order valence-corrected chi connectivity index (χ2v) is 4.95. The third-order valence-corrected chi connectivity index (χ3v) is 3.98. The van der Waals surface area contributed by atoms with E-state index in [0.717, 1.165) is 31.7 Å². The predicted molar refractivity (Wildman–Crippen MR) is 68.8 cm³/mol. The smallest absolute Gasteiger partial charge is 0.0589 e. The minimum absolute atomic E-state index is 0.680. The summed E-state index contributed by atoms with van der Waals surface area (Å²) in [6, 6.07) is 1.46. The molecule has 0 aliphatic heterocycles. The highest BCUT2D eigenvalue weighted by atomic mass is 16.5. The zero-order chi connectivity index (χ0) is 12.0. The van der Waals surface area contributed by atoms with Crippen LogP contribution in [0.15, 0.2) is 0 Å². The molecule has 1 N–H and O–H groups in total. The van der Waals surface area contributed by atoms with Crippen LogP contribution in [0.25, 0.3) is 0 Å². The normalized spacial score (nSPS) is 26.8. The van der Waals surface area contributed by atoms with Gasteiger partial charge in [-0.2, -0.15) is 0 Å². The molecule has 3 nitrogen and oxygen atoms in total. The molecule has 0 spiro atoms. The van der Waals surface area contributed by atoms with Crippen molar-refractivity contribution >= 4 is 0 Å². The van der Waals surface area contributed by atoms with Crippen molar-refractivity contribution in [2.24, 2.45) is 5.92 Å². The number of methoxy groups -OCH3 is 1. The molecule has 0 heterocycles. The summed E-state index contributed by atoms with van der Waals surface area (Å²) in [6.45, 7) is 7.70. The molecule has 1 saturated carbocycles. The average molecular weight is 228 g/mol. The van der Waals surface area contributed by atoms with Gasteiger partial charge in [0, 0.05) is 25.7 Å². The molecule has 96 valence electrons. The maximum Gasteiger partial charge on any atom is 0.0589 e. The van der Waals surface area contributed by atoms with Gasteiger partial charge in [-0.1, -0.05) is 6.92 Å². The van der Waals surface area contributed by atoms with Gasteiger partial charge in [-0.05, 0) is 45.7 Å². The first-order valence-electron chi connectivity index (χ1n) is 6.63. The molecule has 1 aliphatic rings. The van der Waals surface area contributed by atoms with E-state index in [9.17, 15) is 0 Å². The van der Waals surface area contributed by atoms with E-state index in [1.807, 2.05) is 0 Å². The Kier molecular flexibility index (Phi) is 6.32. The van der Waals surface area contributed by atoms with E-state index in [1.165, 1.54) is 19.3 Å². The summed E-state index contributed by atoms with van der Waals surface area (Å²) < 4.78 is 5.22. The van der Waals surface area contributed by atoms with Crippen LogP contribution >= 0.6 is 0 Å². The summed E-state index contributed by atoms with van der Waals surface area (Å²) in [5, 5.41) is 3.31. The lowest BCUT2D eigenvalue weighted by Gasteiger charge is -2.47. The second-order valence-electron chi connectivity index (χ2n) is 4.95. The van der Waals surface area contributed by atoms with Crippen molar-refractivity contribution in [2.75, 3.05) is 33.9 Å². The van der Waals surface area contributed by atoms with E-state index in [4.69, 9.17) is 4.74 Å². The largest absolute Gasteiger partial charge is 0.383 e. The van der Waals surface area contributed by atoms with Gasteiger partial charge in [0.1, 0.15) is 0 Å². The summed E-state index contributed by atoms with van der Waals surface area (Å²) in [6.07, 6.45) is 3.97. The molecule has 0 aromatic heterocycles. The topological polar surface area (TPSA) is 24.5 Å². The monoisotopic (exact) mass is 228 g/mol. The third kappa shape index (κ3) is 3.44. The van der Waals surface area contributed by atoms with Gasteiger partial charge in [-0.15, -0.1) is 0 Å². The van der Waals surface area contributed by atoms with Crippen LogP contribution in [0, 0.1) is 5.92 Å². The highest BCUT2D eigenvalue weighted by molar-refractivity contribution is 4.91. The number of hydrogen-bond donors (Lipinski definition) is 1. The summed E-state index contributed by atoms with van der Waals surface area (Å²) in [7, 11) is 3.85. The zero-order valence-electron chi connectivity index (χ0n) is 11.3. The molecule has 3 atom stereocenters. The van der Waals surface area contributed by atoms with Gasteiger partial charge in [0.2, 0.25) is 0 Å². The highest BCUT2D eigenvalue weighted by Crippen LogP contribution is 2.33. The summed E-state index contributed by atoms with van der Waals surface area (Å²) in [5.41, 5.74) is 0. The lowest BCUT2D eigenvalue weighted by Crippen LogP contribution is -2.54. The SMILES string of the molecule is CCC(C)N(CCOC)C1CCC1CNC. The number of nitrogens with zero attached hydrogens (tertiary/aromatic N) is 1. The van der Waals surface area contributed by atoms with Gasteiger partial charge in [-0.25, -0.2) is 0 Å². The molecule has 0 radical (unpaired) electrons. The molecule has 0 aromatic carbocycles. The van der Waals surface area contributed by atoms with E-state index in [2.05, 4.69) is 31.1 Å². The molecule has 1 aliphatic carbocycles. The van der Waals surface area contributed by atoms with Gasteiger partial charge >= 0.3 is 0 Å². The van der Waals surface area contributed by atoms with Crippen LogP contribution in [-0.2, 0) is 4.74 Å². The van der Waals surface area contributed by atoms with Gasteiger partial charge in [-0.3, -0.25) is 4.90 Å². The first-order chi connectivity index (χ1) is 7.74. The van der Waals surface area contributed by atoms with Crippen LogP contribution in [0.1, 0.15) is 33.1 Å². The first-order valence-corrected chi connectivity index (χ1v) is 6.63. The van der Waals surface area contributed by atoms with Crippen molar-refractivity contribution in [3.8, 4) is 0 Å². The lowest BCUT2D eigenvalue weighted by molar-refractivity contribution is 0.0136. The quantitative estimate of drug-likeness (QED) is 0.685. The molecular formula is C13H28N2O. The molecule has 0 aromatic rings. The fourth-order valence-corrected chi connectivity index (χ4v) is 2.63. The predicted octanol–water partition coefficient (Wildman–Crippen LogP) is 1.73. The van der Waals surface area contributed by atoms with Crippen molar-refractivity contribution in [2.45, 2.75) is 45.2 Å². The van der Waals surface area contributed by atoms with E-state index >= 15 is 0 Å². The van der Waals surface area contributed by atoms with Gasteiger partial charge in [0.25, 0.3) is 0 Å². The third-order valence-electron chi connectivity index (χ3n) is 3.98. The van der Waals surface area contributed by atoms with Crippen LogP contribution in [0.4, 0.5) is 0 Å². The van der Waals surface area contributed by atoms with Crippen molar-refractivity contribution in [1.82, 2.24) is 10.2 Å². The standard InChI is InChI=1S/C13H28N2O/c1-5-11(2)15(8-9-16-4)13-7-6-12(13)10-14-3/h11-14H,5-10H2,1-4H3. The number of hydrogen-bond acceptors (Lipinski definition) is 3. The zero-order valence-corrected chi connectivity index (χ0v) is 11.3.